The third-order valence-electron chi connectivity index (χ3n) is 6.66. The average Bonchev–Trinajstić information content (AvgIpc) is 3.19. The number of hydrogen-bond acceptors (Lipinski definition) is 7. The molecule has 0 unspecified atom stereocenters. The predicted octanol–water partition coefficient (Wildman–Crippen LogP) is 2.79. The van der Waals surface area contributed by atoms with Crippen molar-refractivity contribution in [2.75, 3.05) is 6.61 Å². The Labute approximate surface area is 159 Å². The molecule has 152 valence electrons. The normalized spacial score (nSPS) is 42.0. The maximum atomic E-state index is 11.3. The summed E-state index contributed by atoms with van der Waals surface area (Å²) in [6.07, 6.45) is 8.68. The maximum Gasteiger partial charge on any atom is 0.302 e. The molecule has 0 bridgehead atoms. The SMILES string of the molecule is CC(=O)OC[C@@H]1O[C@H]2OC3(CCCCC3)O[C@@H]2[C@@H]2OC3(CCCCC3)O[C@@H]21. The zero-order valence-electron chi connectivity index (χ0n) is 16.0. The van der Waals surface area contributed by atoms with Crippen LogP contribution in [-0.2, 0) is 33.2 Å². The summed E-state index contributed by atoms with van der Waals surface area (Å²) in [5.74, 6) is -1.43. The number of carbonyl (C=O) groups is 1. The smallest absolute Gasteiger partial charge is 0.302 e. The molecule has 27 heavy (non-hydrogen) atoms. The Kier molecular flexibility index (Phi) is 4.71. The Balaban J connectivity index is 1.38. The summed E-state index contributed by atoms with van der Waals surface area (Å²) in [6.45, 7) is 1.56. The van der Waals surface area contributed by atoms with Gasteiger partial charge in [0.25, 0.3) is 0 Å². The Bertz CT molecular complexity index is 567. The van der Waals surface area contributed by atoms with Crippen molar-refractivity contribution in [1.29, 1.82) is 0 Å². The molecule has 7 nitrogen and oxygen atoms in total. The quantitative estimate of drug-likeness (QED) is 0.680. The second-order valence-electron chi connectivity index (χ2n) is 8.65. The van der Waals surface area contributed by atoms with Crippen molar-refractivity contribution >= 4 is 5.97 Å². The van der Waals surface area contributed by atoms with Crippen molar-refractivity contribution in [3.05, 3.63) is 0 Å². The van der Waals surface area contributed by atoms with Crippen molar-refractivity contribution in [2.45, 2.75) is 113 Å². The van der Waals surface area contributed by atoms with Gasteiger partial charge in [0.05, 0.1) is 0 Å². The fourth-order valence-electron chi connectivity index (χ4n) is 5.37. The van der Waals surface area contributed by atoms with E-state index in [2.05, 4.69) is 0 Å². The number of rotatable bonds is 2. The van der Waals surface area contributed by atoms with Gasteiger partial charge in [-0.05, 0) is 25.7 Å². The molecule has 7 heteroatoms. The second kappa shape index (κ2) is 6.95. The first-order valence-electron chi connectivity index (χ1n) is 10.6. The molecule has 0 aromatic rings. The molecule has 5 atom stereocenters. The zero-order chi connectivity index (χ0) is 18.5. The number of hydrogen-bond donors (Lipinski definition) is 0. The van der Waals surface area contributed by atoms with Crippen molar-refractivity contribution in [3.8, 4) is 0 Å². The first-order valence-corrected chi connectivity index (χ1v) is 10.6. The summed E-state index contributed by atoms with van der Waals surface area (Å²) in [6, 6.07) is 0. The third-order valence-corrected chi connectivity index (χ3v) is 6.66. The Morgan fingerprint density at radius 3 is 2.00 bits per heavy atom. The fraction of sp³-hybridized carbons (Fsp3) is 0.950. The molecule has 5 rings (SSSR count). The van der Waals surface area contributed by atoms with Gasteiger partial charge in [-0.2, -0.15) is 0 Å². The number of ether oxygens (including phenoxy) is 6. The van der Waals surface area contributed by atoms with Crippen molar-refractivity contribution < 1.29 is 33.2 Å². The molecule has 0 N–H and O–H groups in total. The minimum Gasteiger partial charge on any atom is -0.463 e. The first-order chi connectivity index (χ1) is 13.1. The van der Waals surface area contributed by atoms with Crippen LogP contribution in [0.5, 0.6) is 0 Å². The van der Waals surface area contributed by atoms with Crippen molar-refractivity contribution in [2.24, 2.45) is 0 Å². The van der Waals surface area contributed by atoms with Crippen LogP contribution in [0.25, 0.3) is 0 Å². The van der Waals surface area contributed by atoms with E-state index >= 15 is 0 Å². The minimum atomic E-state index is -0.555. The molecule has 0 aromatic heterocycles. The Morgan fingerprint density at radius 2 is 1.37 bits per heavy atom. The highest BCUT2D eigenvalue weighted by atomic mass is 16.9. The molecule has 3 saturated heterocycles. The van der Waals surface area contributed by atoms with Gasteiger partial charge in [-0.3, -0.25) is 4.79 Å². The van der Waals surface area contributed by atoms with Crippen LogP contribution in [0.4, 0.5) is 0 Å². The van der Waals surface area contributed by atoms with Gasteiger partial charge in [0.2, 0.25) is 0 Å². The number of carbonyl (C=O) groups excluding carboxylic acids is 1. The van der Waals surface area contributed by atoms with Crippen LogP contribution in [0.1, 0.15) is 71.1 Å². The highest BCUT2D eigenvalue weighted by Gasteiger charge is 2.64. The van der Waals surface area contributed by atoms with Gasteiger partial charge in [-0.25, -0.2) is 0 Å². The molecule has 5 fully saturated rings. The van der Waals surface area contributed by atoms with Crippen molar-refractivity contribution in [3.63, 3.8) is 0 Å². The summed E-state index contributed by atoms with van der Waals surface area (Å²) < 4.78 is 37.2. The lowest BCUT2D eigenvalue weighted by atomic mass is 9.94. The second-order valence-corrected chi connectivity index (χ2v) is 8.65. The Morgan fingerprint density at radius 1 is 0.815 bits per heavy atom. The summed E-state index contributed by atoms with van der Waals surface area (Å²) >= 11 is 0. The monoisotopic (exact) mass is 382 g/mol. The van der Waals surface area contributed by atoms with Crippen LogP contribution in [0.15, 0.2) is 0 Å². The maximum absolute atomic E-state index is 11.3. The van der Waals surface area contributed by atoms with Gasteiger partial charge in [-0.15, -0.1) is 0 Å². The van der Waals surface area contributed by atoms with Crippen LogP contribution in [0.2, 0.25) is 0 Å². The lowest BCUT2D eigenvalue weighted by Gasteiger charge is -2.36. The van der Waals surface area contributed by atoms with E-state index in [1.807, 2.05) is 0 Å². The van der Waals surface area contributed by atoms with E-state index in [1.165, 1.54) is 19.8 Å². The molecule has 2 saturated carbocycles. The molecule has 2 aliphatic carbocycles. The topological polar surface area (TPSA) is 72.5 Å². The van der Waals surface area contributed by atoms with Gasteiger partial charge in [0.1, 0.15) is 31.0 Å². The van der Waals surface area contributed by atoms with Crippen LogP contribution < -0.4 is 0 Å². The van der Waals surface area contributed by atoms with Crippen LogP contribution in [0, 0.1) is 0 Å². The zero-order valence-corrected chi connectivity index (χ0v) is 16.0. The van der Waals surface area contributed by atoms with E-state index in [9.17, 15) is 4.79 Å². The molecule has 3 aliphatic heterocycles. The third kappa shape index (κ3) is 3.31. The average molecular weight is 382 g/mol. The van der Waals surface area contributed by atoms with Gasteiger partial charge in [0.15, 0.2) is 17.9 Å². The van der Waals surface area contributed by atoms with E-state index in [1.54, 1.807) is 0 Å². The van der Waals surface area contributed by atoms with Crippen LogP contribution >= 0.6 is 0 Å². The van der Waals surface area contributed by atoms with Gasteiger partial charge in [0, 0.05) is 32.6 Å². The molecule has 5 aliphatic rings. The molecule has 3 heterocycles. The van der Waals surface area contributed by atoms with E-state index in [-0.39, 0.29) is 30.9 Å². The lowest BCUT2D eigenvalue weighted by Crippen LogP contribution is -2.56. The molecule has 0 amide bonds. The molecule has 0 radical (unpaired) electrons. The van der Waals surface area contributed by atoms with E-state index < -0.39 is 24.0 Å². The van der Waals surface area contributed by atoms with Crippen LogP contribution in [0.3, 0.4) is 0 Å². The summed E-state index contributed by atoms with van der Waals surface area (Å²) in [5, 5.41) is 0. The minimum absolute atomic E-state index is 0.148. The molecule has 2 spiro atoms. The summed E-state index contributed by atoms with van der Waals surface area (Å²) in [5.41, 5.74) is 0. The van der Waals surface area contributed by atoms with Crippen LogP contribution in [-0.4, -0.2) is 54.9 Å². The molecule has 0 aromatic carbocycles. The van der Waals surface area contributed by atoms with E-state index in [0.717, 1.165) is 51.4 Å². The number of fused-ring (bicyclic) bond motifs is 3. The van der Waals surface area contributed by atoms with Gasteiger partial charge in [-0.1, -0.05) is 12.8 Å². The van der Waals surface area contributed by atoms with Gasteiger partial charge >= 0.3 is 5.97 Å². The van der Waals surface area contributed by atoms with E-state index in [0.29, 0.717) is 0 Å². The first kappa shape index (κ1) is 18.3. The highest BCUT2D eigenvalue weighted by molar-refractivity contribution is 5.65. The fourth-order valence-corrected chi connectivity index (χ4v) is 5.37. The highest BCUT2D eigenvalue weighted by Crippen LogP contribution is 2.50. The molecular formula is C20H30O7. The van der Waals surface area contributed by atoms with Gasteiger partial charge < -0.3 is 28.4 Å². The predicted molar refractivity (Wildman–Crippen MR) is 92.6 cm³/mol. The Hall–Kier alpha value is -0.730. The molecular weight excluding hydrogens is 352 g/mol. The summed E-state index contributed by atoms with van der Waals surface area (Å²) in [7, 11) is 0. The largest absolute Gasteiger partial charge is 0.463 e. The summed E-state index contributed by atoms with van der Waals surface area (Å²) in [4.78, 5) is 11.3. The van der Waals surface area contributed by atoms with Crippen molar-refractivity contribution in [1.82, 2.24) is 0 Å². The van der Waals surface area contributed by atoms with E-state index in [4.69, 9.17) is 28.4 Å². The standard InChI is InChI=1S/C20H30O7/c1-13(21)22-12-14-15-16(25-19(24-15)8-4-2-5-9-19)17-18(23-14)27-20(26-17)10-6-3-7-11-20/h14-18H,2-12H2,1H3/t14-,15+,16+,17+,18-/m0/s1. The number of esters is 1. The lowest BCUT2D eigenvalue weighted by molar-refractivity contribution is -0.255.